The molecule has 33 heavy (non-hydrogen) atoms. The maximum Gasteiger partial charge on any atom is 0.231 e. The van der Waals surface area contributed by atoms with Crippen molar-refractivity contribution in [3.63, 3.8) is 0 Å². The minimum absolute atomic E-state index is 0.0229. The molecule has 1 amide bonds. The van der Waals surface area contributed by atoms with E-state index in [0.717, 1.165) is 27.9 Å². The lowest BCUT2D eigenvalue weighted by molar-refractivity contribution is -0.131. The van der Waals surface area contributed by atoms with Crippen LogP contribution in [-0.2, 0) is 14.9 Å². The van der Waals surface area contributed by atoms with Gasteiger partial charge in [-0.25, -0.2) is 4.98 Å². The van der Waals surface area contributed by atoms with Crippen LogP contribution in [0.1, 0.15) is 35.8 Å². The van der Waals surface area contributed by atoms with E-state index >= 15 is 0 Å². The number of hydrogen-bond donors (Lipinski definition) is 2. The van der Waals surface area contributed by atoms with E-state index in [9.17, 15) is 4.79 Å². The van der Waals surface area contributed by atoms with Gasteiger partial charge in [-0.15, -0.1) is 0 Å². The molecular formula is C27H27N3O3. The lowest BCUT2D eigenvalue weighted by Crippen LogP contribution is -2.49. The van der Waals surface area contributed by atoms with Gasteiger partial charge in [0, 0.05) is 13.2 Å². The van der Waals surface area contributed by atoms with Crippen LogP contribution in [0.3, 0.4) is 0 Å². The molecule has 4 aromatic rings. The Labute approximate surface area is 193 Å². The van der Waals surface area contributed by atoms with Gasteiger partial charge in [-0.05, 0) is 48.2 Å². The third-order valence-electron chi connectivity index (χ3n) is 6.51. The molecule has 5 rings (SSSR count). The predicted molar refractivity (Wildman–Crippen MR) is 127 cm³/mol. The van der Waals surface area contributed by atoms with E-state index in [4.69, 9.17) is 14.5 Å². The molecule has 1 aliphatic heterocycles. The van der Waals surface area contributed by atoms with Crippen LogP contribution < -0.4 is 10.1 Å². The van der Waals surface area contributed by atoms with Crippen molar-refractivity contribution in [1.29, 1.82) is 0 Å². The SMILES string of the molecule is COc1ccc(C2(C(=O)N[C@@H](c3ccccc3)c3nc4ccccc4[nH]3)CCOCC2)cc1. The Morgan fingerprint density at radius 3 is 2.39 bits per heavy atom. The molecule has 1 fully saturated rings. The van der Waals surface area contributed by atoms with Gasteiger partial charge in [-0.3, -0.25) is 4.79 Å². The third-order valence-corrected chi connectivity index (χ3v) is 6.51. The average Bonchev–Trinajstić information content (AvgIpc) is 3.32. The number of para-hydroxylation sites is 2. The first-order chi connectivity index (χ1) is 16.2. The molecule has 1 aliphatic rings. The maximum atomic E-state index is 14.0. The second-order valence-corrected chi connectivity index (χ2v) is 8.38. The Hall–Kier alpha value is -3.64. The van der Waals surface area contributed by atoms with Crippen LogP contribution in [-0.4, -0.2) is 36.2 Å². The van der Waals surface area contributed by atoms with E-state index in [0.29, 0.717) is 31.9 Å². The summed E-state index contributed by atoms with van der Waals surface area (Å²) in [5.41, 5.74) is 3.09. The first-order valence-electron chi connectivity index (χ1n) is 11.2. The molecule has 1 saturated heterocycles. The number of rotatable bonds is 6. The topological polar surface area (TPSA) is 76.2 Å². The van der Waals surface area contributed by atoms with Crippen LogP contribution >= 0.6 is 0 Å². The van der Waals surface area contributed by atoms with Crippen molar-refractivity contribution in [2.45, 2.75) is 24.3 Å². The van der Waals surface area contributed by atoms with Crippen LogP contribution in [0.5, 0.6) is 5.75 Å². The molecule has 6 nitrogen and oxygen atoms in total. The number of benzene rings is 3. The number of amides is 1. The fraction of sp³-hybridized carbons (Fsp3) is 0.259. The summed E-state index contributed by atoms with van der Waals surface area (Å²) in [4.78, 5) is 22.2. The standard InChI is InChI=1S/C27H27N3O3/c1-32-21-13-11-20(12-14-21)27(15-17-33-18-16-27)26(31)30-24(19-7-3-2-4-8-19)25-28-22-9-5-6-10-23(22)29-25/h2-14,24H,15-18H2,1H3,(H,28,29)(H,30,31)/t24-/m0/s1. The Bertz CT molecular complexity index is 1200. The number of carbonyl (C=O) groups excluding carboxylic acids is 1. The lowest BCUT2D eigenvalue weighted by Gasteiger charge is -2.37. The van der Waals surface area contributed by atoms with E-state index in [-0.39, 0.29) is 5.91 Å². The van der Waals surface area contributed by atoms with Crippen LogP contribution in [0.2, 0.25) is 0 Å². The number of nitrogens with one attached hydrogen (secondary N) is 2. The Kier molecular flexibility index (Phi) is 5.84. The number of H-pyrrole nitrogens is 1. The van der Waals surface area contributed by atoms with Crippen molar-refractivity contribution in [1.82, 2.24) is 15.3 Å². The van der Waals surface area contributed by atoms with Crippen molar-refractivity contribution < 1.29 is 14.3 Å². The van der Waals surface area contributed by atoms with Gasteiger partial charge in [-0.2, -0.15) is 0 Å². The van der Waals surface area contributed by atoms with Gasteiger partial charge < -0.3 is 19.8 Å². The van der Waals surface area contributed by atoms with E-state index in [1.165, 1.54) is 0 Å². The highest BCUT2D eigenvalue weighted by Gasteiger charge is 2.43. The molecule has 0 radical (unpaired) electrons. The van der Waals surface area contributed by atoms with Gasteiger partial charge in [0.05, 0.1) is 23.6 Å². The summed E-state index contributed by atoms with van der Waals surface area (Å²) in [5.74, 6) is 1.46. The predicted octanol–water partition coefficient (Wildman–Crippen LogP) is 4.53. The minimum Gasteiger partial charge on any atom is -0.497 e. The number of imidazole rings is 1. The van der Waals surface area contributed by atoms with E-state index in [1.54, 1.807) is 7.11 Å². The maximum absolute atomic E-state index is 14.0. The molecule has 168 valence electrons. The summed E-state index contributed by atoms with van der Waals surface area (Å²) >= 11 is 0. The molecular weight excluding hydrogens is 414 g/mol. The Balaban J connectivity index is 1.53. The summed E-state index contributed by atoms with van der Waals surface area (Å²) < 4.78 is 11.0. The summed E-state index contributed by atoms with van der Waals surface area (Å²) in [6.07, 6.45) is 1.24. The van der Waals surface area contributed by atoms with Crippen molar-refractivity contribution in [2.24, 2.45) is 0 Å². The van der Waals surface area contributed by atoms with Gasteiger partial charge in [0.25, 0.3) is 0 Å². The lowest BCUT2D eigenvalue weighted by atomic mass is 9.73. The van der Waals surface area contributed by atoms with Crippen molar-refractivity contribution in [2.75, 3.05) is 20.3 Å². The zero-order valence-electron chi connectivity index (χ0n) is 18.6. The summed E-state index contributed by atoms with van der Waals surface area (Å²) in [5, 5.41) is 3.33. The van der Waals surface area contributed by atoms with Crippen LogP contribution in [0.15, 0.2) is 78.9 Å². The van der Waals surface area contributed by atoms with Crippen LogP contribution in [0, 0.1) is 0 Å². The van der Waals surface area contributed by atoms with E-state index < -0.39 is 11.5 Å². The number of fused-ring (bicyclic) bond motifs is 1. The van der Waals surface area contributed by atoms with E-state index in [1.807, 2.05) is 78.9 Å². The van der Waals surface area contributed by atoms with Gasteiger partial charge in [0.1, 0.15) is 17.6 Å². The first-order valence-corrected chi connectivity index (χ1v) is 11.2. The molecule has 3 aromatic carbocycles. The zero-order chi connectivity index (χ0) is 22.7. The highest BCUT2D eigenvalue weighted by Crippen LogP contribution is 2.37. The van der Waals surface area contributed by atoms with Crippen molar-refractivity contribution in [3.8, 4) is 5.75 Å². The quantitative estimate of drug-likeness (QED) is 0.461. The van der Waals surface area contributed by atoms with E-state index in [2.05, 4.69) is 10.3 Å². The smallest absolute Gasteiger partial charge is 0.231 e. The largest absolute Gasteiger partial charge is 0.497 e. The molecule has 0 saturated carbocycles. The monoisotopic (exact) mass is 441 g/mol. The second kappa shape index (κ2) is 9.08. The normalized spacial score (nSPS) is 16.3. The second-order valence-electron chi connectivity index (χ2n) is 8.38. The van der Waals surface area contributed by atoms with Crippen molar-refractivity contribution >= 4 is 16.9 Å². The molecule has 1 atom stereocenters. The third kappa shape index (κ3) is 4.10. The molecule has 1 aromatic heterocycles. The Morgan fingerprint density at radius 2 is 1.70 bits per heavy atom. The minimum atomic E-state index is -0.677. The summed E-state index contributed by atoms with van der Waals surface area (Å²) in [7, 11) is 1.64. The van der Waals surface area contributed by atoms with Gasteiger partial charge in [0.2, 0.25) is 5.91 Å². The fourth-order valence-corrected chi connectivity index (χ4v) is 4.61. The molecule has 2 N–H and O–H groups in total. The summed E-state index contributed by atoms with van der Waals surface area (Å²) in [6, 6.07) is 25.3. The number of nitrogens with zero attached hydrogens (tertiary/aromatic N) is 1. The molecule has 0 bridgehead atoms. The number of hydrogen-bond acceptors (Lipinski definition) is 4. The van der Waals surface area contributed by atoms with Gasteiger partial charge in [-0.1, -0.05) is 54.6 Å². The first kappa shape index (κ1) is 21.2. The highest BCUT2D eigenvalue weighted by atomic mass is 16.5. The summed E-state index contributed by atoms with van der Waals surface area (Å²) in [6.45, 7) is 1.08. The highest BCUT2D eigenvalue weighted by molar-refractivity contribution is 5.89. The number of methoxy groups -OCH3 is 1. The number of carbonyl (C=O) groups is 1. The van der Waals surface area contributed by atoms with Crippen molar-refractivity contribution in [3.05, 3.63) is 95.8 Å². The number of ether oxygens (including phenoxy) is 2. The zero-order valence-corrected chi connectivity index (χ0v) is 18.6. The van der Waals surface area contributed by atoms with Gasteiger partial charge in [0.15, 0.2) is 0 Å². The number of aromatic nitrogens is 2. The Morgan fingerprint density at radius 1 is 1.00 bits per heavy atom. The molecule has 2 heterocycles. The average molecular weight is 442 g/mol. The molecule has 6 heteroatoms. The van der Waals surface area contributed by atoms with Gasteiger partial charge >= 0.3 is 0 Å². The molecule has 0 unspecified atom stereocenters. The van der Waals surface area contributed by atoms with Crippen LogP contribution in [0.25, 0.3) is 11.0 Å². The molecule has 0 aliphatic carbocycles. The van der Waals surface area contributed by atoms with Crippen LogP contribution in [0.4, 0.5) is 0 Å². The fourth-order valence-electron chi connectivity index (χ4n) is 4.61. The number of aromatic amines is 1. The molecule has 0 spiro atoms.